The number of hydrogen-bond acceptors (Lipinski definition) is 2. The summed E-state index contributed by atoms with van der Waals surface area (Å²) in [7, 11) is 0. The van der Waals surface area contributed by atoms with Gasteiger partial charge in [-0.1, -0.05) is 52.0 Å². The van der Waals surface area contributed by atoms with Gasteiger partial charge >= 0.3 is 6.03 Å². The predicted molar refractivity (Wildman–Crippen MR) is 92.7 cm³/mol. The van der Waals surface area contributed by atoms with Crippen molar-refractivity contribution in [3.05, 3.63) is 35.4 Å². The van der Waals surface area contributed by atoms with Crippen LogP contribution in [0.3, 0.4) is 0 Å². The van der Waals surface area contributed by atoms with E-state index in [0.717, 1.165) is 19.6 Å². The lowest BCUT2D eigenvalue weighted by molar-refractivity contribution is 0.234. The number of nitrogens with one attached hydrogen (secondary N) is 2. The van der Waals surface area contributed by atoms with Gasteiger partial charge in [0.05, 0.1) is 0 Å². The van der Waals surface area contributed by atoms with Gasteiger partial charge in [-0.05, 0) is 37.1 Å². The van der Waals surface area contributed by atoms with Crippen LogP contribution in [0.1, 0.15) is 45.7 Å². The van der Waals surface area contributed by atoms with Crippen LogP contribution in [0.4, 0.5) is 4.79 Å². The molecule has 0 saturated carbocycles. The monoisotopic (exact) mass is 305 g/mol. The van der Waals surface area contributed by atoms with Crippen molar-refractivity contribution >= 4 is 6.03 Å². The summed E-state index contributed by atoms with van der Waals surface area (Å²) >= 11 is 0. The summed E-state index contributed by atoms with van der Waals surface area (Å²) in [4.78, 5) is 14.3. The molecule has 4 heteroatoms. The van der Waals surface area contributed by atoms with E-state index in [1.54, 1.807) is 0 Å². The van der Waals surface area contributed by atoms with E-state index >= 15 is 0 Å². The largest absolute Gasteiger partial charge is 0.335 e. The maximum Gasteiger partial charge on any atom is 0.315 e. The zero-order valence-electron chi connectivity index (χ0n) is 14.6. The van der Waals surface area contributed by atoms with Crippen LogP contribution < -0.4 is 10.6 Å². The van der Waals surface area contributed by atoms with Crippen molar-refractivity contribution in [1.29, 1.82) is 0 Å². The fourth-order valence-electron chi connectivity index (χ4n) is 2.17. The van der Waals surface area contributed by atoms with Crippen molar-refractivity contribution in [3.63, 3.8) is 0 Å². The molecule has 1 aromatic carbocycles. The maximum absolute atomic E-state index is 11.9. The van der Waals surface area contributed by atoms with E-state index in [1.165, 1.54) is 11.1 Å². The van der Waals surface area contributed by atoms with Gasteiger partial charge in [-0.15, -0.1) is 0 Å². The SMILES string of the molecule is CCN(CC)Cc1ccccc1CNC(=O)N[C@@H](C)C(C)C. The third-order valence-electron chi connectivity index (χ3n) is 4.20. The number of amides is 2. The fourth-order valence-corrected chi connectivity index (χ4v) is 2.17. The standard InChI is InChI=1S/C18H31N3O/c1-6-21(7-2)13-17-11-9-8-10-16(17)12-19-18(22)20-15(5)14(3)4/h8-11,14-15H,6-7,12-13H2,1-5H3,(H2,19,20,22)/t15-/m0/s1. The number of benzene rings is 1. The lowest BCUT2D eigenvalue weighted by Gasteiger charge is -2.21. The summed E-state index contributed by atoms with van der Waals surface area (Å²) < 4.78 is 0. The van der Waals surface area contributed by atoms with Gasteiger partial charge in [0.2, 0.25) is 0 Å². The van der Waals surface area contributed by atoms with Crippen molar-refractivity contribution in [2.75, 3.05) is 13.1 Å². The Labute approximate surface area is 135 Å². The third-order valence-corrected chi connectivity index (χ3v) is 4.20. The first kappa shape index (κ1) is 18.5. The zero-order chi connectivity index (χ0) is 16.5. The van der Waals surface area contributed by atoms with E-state index in [0.29, 0.717) is 12.5 Å². The molecule has 0 heterocycles. The molecule has 1 rings (SSSR count). The highest BCUT2D eigenvalue weighted by Crippen LogP contribution is 2.11. The van der Waals surface area contributed by atoms with Crippen molar-refractivity contribution < 1.29 is 4.79 Å². The third kappa shape index (κ3) is 6.06. The second-order valence-electron chi connectivity index (χ2n) is 6.09. The van der Waals surface area contributed by atoms with E-state index in [1.807, 2.05) is 13.0 Å². The van der Waals surface area contributed by atoms with Crippen molar-refractivity contribution in [2.45, 2.75) is 53.8 Å². The molecule has 2 N–H and O–H groups in total. The molecule has 22 heavy (non-hydrogen) atoms. The highest BCUT2D eigenvalue weighted by molar-refractivity contribution is 5.74. The average molecular weight is 305 g/mol. The van der Waals surface area contributed by atoms with Gasteiger partial charge in [0.15, 0.2) is 0 Å². The second kappa shape index (κ2) is 9.46. The summed E-state index contributed by atoms with van der Waals surface area (Å²) in [6.45, 7) is 14.1. The maximum atomic E-state index is 11.9. The van der Waals surface area contributed by atoms with Gasteiger partial charge in [-0.2, -0.15) is 0 Å². The van der Waals surface area contributed by atoms with Gasteiger partial charge in [0.25, 0.3) is 0 Å². The highest BCUT2D eigenvalue weighted by Gasteiger charge is 2.11. The number of carbonyl (C=O) groups is 1. The molecule has 2 amide bonds. The first-order valence-electron chi connectivity index (χ1n) is 8.31. The van der Waals surface area contributed by atoms with Crippen LogP contribution in [-0.4, -0.2) is 30.1 Å². The molecule has 0 unspecified atom stereocenters. The Balaban J connectivity index is 2.60. The fraction of sp³-hybridized carbons (Fsp3) is 0.611. The number of hydrogen-bond donors (Lipinski definition) is 2. The quantitative estimate of drug-likeness (QED) is 0.773. The first-order valence-corrected chi connectivity index (χ1v) is 8.31. The average Bonchev–Trinajstić information content (AvgIpc) is 2.51. The highest BCUT2D eigenvalue weighted by atomic mass is 16.2. The molecule has 0 fully saturated rings. The Kier molecular flexibility index (Phi) is 7.96. The number of nitrogens with zero attached hydrogens (tertiary/aromatic N) is 1. The molecule has 0 aliphatic rings. The summed E-state index contributed by atoms with van der Waals surface area (Å²) in [5.41, 5.74) is 2.46. The molecule has 0 saturated heterocycles. The van der Waals surface area contributed by atoms with Crippen LogP contribution in [-0.2, 0) is 13.1 Å². The van der Waals surface area contributed by atoms with E-state index in [2.05, 4.69) is 61.4 Å². The molecule has 1 atom stereocenters. The lowest BCUT2D eigenvalue weighted by Crippen LogP contribution is -2.42. The molecule has 0 aliphatic carbocycles. The van der Waals surface area contributed by atoms with Crippen LogP contribution in [0.2, 0.25) is 0 Å². The number of urea groups is 1. The molecule has 0 bridgehead atoms. The summed E-state index contributed by atoms with van der Waals surface area (Å²) in [5.74, 6) is 0.431. The minimum Gasteiger partial charge on any atom is -0.335 e. The minimum atomic E-state index is -0.0983. The van der Waals surface area contributed by atoms with Crippen LogP contribution in [0, 0.1) is 5.92 Å². The van der Waals surface area contributed by atoms with Gasteiger partial charge in [0.1, 0.15) is 0 Å². The first-order chi connectivity index (χ1) is 10.5. The molecule has 124 valence electrons. The molecule has 0 aromatic heterocycles. The normalized spacial score (nSPS) is 12.5. The Morgan fingerprint density at radius 2 is 1.68 bits per heavy atom. The summed E-state index contributed by atoms with van der Waals surface area (Å²) in [6.07, 6.45) is 0. The van der Waals surface area contributed by atoms with Crippen LogP contribution >= 0.6 is 0 Å². The van der Waals surface area contributed by atoms with Crippen LogP contribution in [0.5, 0.6) is 0 Å². The lowest BCUT2D eigenvalue weighted by atomic mass is 10.1. The molecule has 0 spiro atoms. The minimum absolute atomic E-state index is 0.0983. The van der Waals surface area contributed by atoms with Gasteiger partial charge in [-0.3, -0.25) is 4.90 Å². The Hall–Kier alpha value is -1.55. The Bertz CT molecular complexity index is 455. The smallest absolute Gasteiger partial charge is 0.315 e. The van der Waals surface area contributed by atoms with Gasteiger partial charge < -0.3 is 10.6 Å². The topological polar surface area (TPSA) is 44.4 Å². The second-order valence-corrected chi connectivity index (χ2v) is 6.09. The summed E-state index contributed by atoms with van der Waals surface area (Å²) in [6, 6.07) is 8.39. The van der Waals surface area contributed by atoms with E-state index < -0.39 is 0 Å². The molecular formula is C18H31N3O. The van der Waals surface area contributed by atoms with E-state index in [-0.39, 0.29) is 12.1 Å². The van der Waals surface area contributed by atoms with Crippen molar-refractivity contribution in [1.82, 2.24) is 15.5 Å². The molecular weight excluding hydrogens is 274 g/mol. The molecule has 0 radical (unpaired) electrons. The number of rotatable bonds is 8. The Morgan fingerprint density at radius 1 is 1.09 bits per heavy atom. The predicted octanol–water partition coefficient (Wildman–Crippen LogP) is 3.37. The van der Waals surface area contributed by atoms with Crippen LogP contribution in [0.15, 0.2) is 24.3 Å². The number of carbonyl (C=O) groups excluding carboxylic acids is 1. The Morgan fingerprint density at radius 3 is 2.23 bits per heavy atom. The van der Waals surface area contributed by atoms with Crippen LogP contribution in [0.25, 0.3) is 0 Å². The molecule has 1 aromatic rings. The molecule has 0 aliphatic heterocycles. The van der Waals surface area contributed by atoms with Crippen molar-refractivity contribution in [2.24, 2.45) is 5.92 Å². The van der Waals surface area contributed by atoms with E-state index in [9.17, 15) is 4.79 Å². The van der Waals surface area contributed by atoms with Gasteiger partial charge in [0, 0.05) is 19.1 Å². The van der Waals surface area contributed by atoms with Gasteiger partial charge in [-0.25, -0.2) is 4.79 Å². The van der Waals surface area contributed by atoms with E-state index in [4.69, 9.17) is 0 Å². The summed E-state index contributed by atoms with van der Waals surface area (Å²) in [5, 5.41) is 5.94. The zero-order valence-corrected chi connectivity index (χ0v) is 14.6. The molecule has 4 nitrogen and oxygen atoms in total. The van der Waals surface area contributed by atoms with Crippen molar-refractivity contribution in [3.8, 4) is 0 Å².